The zero-order valence-corrected chi connectivity index (χ0v) is 11.3. The molecule has 3 N–H and O–H groups in total. The lowest BCUT2D eigenvalue weighted by molar-refractivity contribution is -0.139. The fourth-order valence-electron chi connectivity index (χ4n) is 1.91. The van der Waals surface area contributed by atoms with Gasteiger partial charge >= 0.3 is 12.0 Å². The summed E-state index contributed by atoms with van der Waals surface area (Å²) in [5, 5.41) is 14.2. The maximum atomic E-state index is 12.0. The molecular formula is C12H21N3O4. The molecule has 1 atom stereocenters. The van der Waals surface area contributed by atoms with E-state index in [-0.39, 0.29) is 18.4 Å². The van der Waals surface area contributed by atoms with Crippen molar-refractivity contribution in [3.63, 3.8) is 0 Å². The van der Waals surface area contributed by atoms with Crippen molar-refractivity contribution in [2.75, 3.05) is 19.6 Å². The summed E-state index contributed by atoms with van der Waals surface area (Å²) in [4.78, 5) is 35.7. The zero-order valence-electron chi connectivity index (χ0n) is 11.3. The van der Waals surface area contributed by atoms with E-state index in [4.69, 9.17) is 5.11 Å². The van der Waals surface area contributed by atoms with Crippen LogP contribution < -0.4 is 10.6 Å². The Kier molecular flexibility index (Phi) is 5.59. The number of aliphatic carboxylic acids is 1. The molecule has 0 bridgehead atoms. The van der Waals surface area contributed by atoms with Crippen LogP contribution in [0.1, 0.15) is 26.7 Å². The van der Waals surface area contributed by atoms with Crippen LogP contribution in [0.5, 0.6) is 0 Å². The largest absolute Gasteiger partial charge is 0.480 e. The molecule has 0 spiro atoms. The smallest absolute Gasteiger partial charge is 0.326 e. The van der Waals surface area contributed by atoms with Crippen LogP contribution in [0.3, 0.4) is 0 Å². The van der Waals surface area contributed by atoms with E-state index in [1.165, 1.54) is 4.90 Å². The van der Waals surface area contributed by atoms with E-state index in [9.17, 15) is 14.4 Å². The van der Waals surface area contributed by atoms with E-state index in [0.29, 0.717) is 25.9 Å². The van der Waals surface area contributed by atoms with Crippen molar-refractivity contribution >= 4 is 17.9 Å². The Labute approximate surface area is 112 Å². The average Bonchev–Trinajstić information content (AvgIpc) is 2.52. The fraction of sp³-hybridized carbons (Fsp3) is 0.750. The van der Waals surface area contributed by atoms with Crippen molar-refractivity contribution in [2.45, 2.75) is 32.7 Å². The number of hydrogen-bond donors (Lipinski definition) is 3. The van der Waals surface area contributed by atoms with Crippen LogP contribution in [0.2, 0.25) is 0 Å². The highest BCUT2D eigenvalue weighted by Crippen LogP contribution is 2.06. The highest BCUT2D eigenvalue weighted by atomic mass is 16.4. The molecule has 0 aliphatic carbocycles. The molecule has 1 unspecified atom stereocenters. The summed E-state index contributed by atoms with van der Waals surface area (Å²) < 4.78 is 0. The van der Waals surface area contributed by atoms with Gasteiger partial charge in [-0.3, -0.25) is 4.79 Å². The van der Waals surface area contributed by atoms with Crippen LogP contribution in [0, 0.1) is 5.92 Å². The highest BCUT2D eigenvalue weighted by molar-refractivity contribution is 5.86. The molecule has 0 aromatic carbocycles. The van der Waals surface area contributed by atoms with Crippen LogP contribution >= 0.6 is 0 Å². The predicted molar refractivity (Wildman–Crippen MR) is 68.6 cm³/mol. The third-order valence-corrected chi connectivity index (χ3v) is 2.85. The summed E-state index contributed by atoms with van der Waals surface area (Å²) in [6.45, 7) is 4.73. The quantitative estimate of drug-likeness (QED) is 0.671. The number of carbonyl (C=O) groups excluding carboxylic acids is 2. The van der Waals surface area contributed by atoms with Gasteiger partial charge in [0.1, 0.15) is 12.6 Å². The summed E-state index contributed by atoms with van der Waals surface area (Å²) in [6, 6.07) is -1.41. The van der Waals surface area contributed by atoms with Gasteiger partial charge in [0, 0.05) is 13.1 Å². The summed E-state index contributed by atoms with van der Waals surface area (Å²) in [7, 11) is 0. The molecule has 1 heterocycles. The maximum Gasteiger partial charge on any atom is 0.326 e. The van der Waals surface area contributed by atoms with E-state index in [1.807, 2.05) is 13.8 Å². The van der Waals surface area contributed by atoms with Crippen molar-refractivity contribution in [3.05, 3.63) is 0 Å². The molecule has 7 heteroatoms. The molecule has 1 fully saturated rings. The Balaban J connectivity index is 2.59. The van der Waals surface area contributed by atoms with Crippen LogP contribution in [-0.2, 0) is 9.59 Å². The van der Waals surface area contributed by atoms with E-state index >= 15 is 0 Å². The number of nitrogens with zero attached hydrogens (tertiary/aromatic N) is 1. The number of amides is 3. The Hall–Kier alpha value is -1.79. The average molecular weight is 271 g/mol. The minimum absolute atomic E-state index is 0.0279. The van der Waals surface area contributed by atoms with Gasteiger partial charge in [-0.1, -0.05) is 13.8 Å². The van der Waals surface area contributed by atoms with Crippen molar-refractivity contribution in [3.8, 4) is 0 Å². The SMILES string of the molecule is CC(C)CC(NC(=O)N1CCCNC(=O)C1)C(=O)O. The lowest BCUT2D eigenvalue weighted by atomic mass is 10.0. The lowest BCUT2D eigenvalue weighted by Gasteiger charge is -2.23. The Morgan fingerprint density at radius 3 is 2.74 bits per heavy atom. The third kappa shape index (κ3) is 5.15. The van der Waals surface area contributed by atoms with E-state index in [2.05, 4.69) is 10.6 Å². The number of nitrogens with one attached hydrogen (secondary N) is 2. The first-order valence-electron chi connectivity index (χ1n) is 6.45. The van der Waals surface area contributed by atoms with E-state index < -0.39 is 18.0 Å². The first kappa shape index (κ1) is 15.3. The standard InChI is InChI=1S/C12H21N3O4/c1-8(2)6-9(11(17)18)14-12(19)15-5-3-4-13-10(16)7-15/h8-9H,3-7H2,1-2H3,(H,13,16)(H,14,19)(H,17,18). The van der Waals surface area contributed by atoms with Crippen LogP contribution in [0.15, 0.2) is 0 Å². The van der Waals surface area contributed by atoms with Gasteiger partial charge < -0.3 is 20.6 Å². The van der Waals surface area contributed by atoms with Crippen molar-refractivity contribution in [1.82, 2.24) is 15.5 Å². The molecular weight excluding hydrogens is 250 g/mol. The number of urea groups is 1. The Morgan fingerprint density at radius 1 is 1.47 bits per heavy atom. The Morgan fingerprint density at radius 2 is 2.16 bits per heavy atom. The van der Waals surface area contributed by atoms with Gasteiger partial charge in [0.2, 0.25) is 5.91 Å². The van der Waals surface area contributed by atoms with Gasteiger partial charge in [-0.2, -0.15) is 0 Å². The summed E-state index contributed by atoms with van der Waals surface area (Å²) >= 11 is 0. The fourth-order valence-corrected chi connectivity index (χ4v) is 1.91. The molecule has 0 aromatic heterocycles. The van der Waals surface area contributed by atoms with Crippen molar-refractivity contribution in [1.29, 1.82) is 0 Å². The van der Waals surface area contributed by atoms with Crippen molar-refractivity contribution < 1.29 is 19.5 Å². The summed E-state index contributed by atoms with van der Waals surface area (Å²) in [6.07, 6.45) is 1.03. The Bertz CT molecular complexity index is 357. The topological polar surface area (TPSA) is 98.7 Å². The van der Waals surface area contributed by atoms with Gasteiger partial charge in [-0.05, 0) is 18.8 Å². The molecule has 108 valence electrons. The second kappa shape index (κ2) is 6.96. The maximum absolute atomic E-state index is 12.0. The summed E-state index contributed by atoms with van der Waals surface area (Å²) in [5.74, 6) is -1.11. The van der Waals surface area contributed by atoms with Crippen molar-refractivity contribution in [2.24, 2.45) is 5.92 Å². The first-order valence-corrected chi connectivity index (χ1v) is 6.45. The second-order valence-electron chi connectivity index (χ2n) is 5.09. The number of carboxylic acids is 1. The van der Waals surface area contributed by atoms with Gasteiger partial charge in [0.15, 0.2) is 0 Å². The lowest BCUT2D eigenvalue weighted by Crippen LogP contribution is -2.50. The highest BCUT2D eigenvalue weighted by Gasteiger charge is 2.25. The molecule has 1 rings (SSSR count). The summed E-state index contributed by atoms with van der Waals surface area (Å²) in [5.41, 5.74) is 0. The van der Waals surface area contributed by atoms with Crippen LogP contribution in [0.4, 0.5) is 4.79 Å². The molecule has 1 saturated heterocycles. The minimum Gasteiger partial charge on any atom is -0.480 e. The molecule has 0 saturated carbocycles. The number of carboxylic acid groups (broad SMARTS) is 1. The normalized spacial score (nSPS) is 17.6. The van der Waals surface area contributed by atoms with E-state index in [0.717, 1.165) is 0 Å². The molecule has 7 nitrogen and oxygen atoms in total. The molecule has 3 amide bonds. The minimum atomic E-state index is -1.05. The number of carbonyl (C=O) groups is 3. The molecule has 1 aliphatic rings. The number of rotatable bonds is 4. The van der Waals surface area contributed by atoms with Gasteiger partial charge in [0.25, 0.3) is 0 Å². The van der Waals surface area contributed by atoms with E-state index in [1.54, 1.807) is 0 Å². The van der Waals surface area contributed by atoms with Gasteiger partial charge in [0.05, 0.1) is 0 Å². The number of hydrogen-bond acceptors (Lipinski definition) is 3. The van der Waals surface area contributed by atoms with Gasteiger partial charge in [-0.25, -0.2) is 9.59 Å². The molecule has 0 radical (unpaired) electrons. The molecule has 1 aliphatic heterocycles. The molecule has 0 aromatic rings. The van der Waals surface area contributed by atoms with Gasteiger partial charge in [-0.15, -0.1) is 0 Å². The predicted octanol–water partition coefficient (Wildman–Crippen LogP) is 0.0172. The first-order chi connectivity index (χ1) is 8.90. The third-order valence-electron chi connectivity index (χ3n) is 2.85. The zero-order chi connectivity index (χ0) is 14.4. The second-order valence-corrected chi connectivity index (χ2v) is 5.09. The van der Waals surface area contributed by atoms with Crippen LogP contribution in [0.25, 0.3) is 0 Å². The molecule has 19 heavy (non-hydrogen) atoms. The monoisotopic (exact) mass is 271 g/mol. The van der Waals surface area contributed by atoms with Crippen LogP contribution in [-0.4, -0.2) is 53.6 Å².